The summed E-state index contributed by atoms with van der Waals surface area (Å²) >= 11 is 1.54. The molecule has 27 heavy (non-hydrogen) atoms. The van der Waals surface area contributed by atoms with E-state index in [1.54, 1.807) is 17.8 Å². The van der Waals surface area contributed by atoms with Gasteiger partial charge in [-0.2, -0.15) is 0 Å². The number of nitrogens with one attached hydrogen (secondary N) is 1. The minimum absolute atomic E-state index is 0.0382. The van der Waals surface area contributed by atoms with Gasteiger partial charge in [-0.1, -0.05) is 42.1 Å². The third kappa shape index (κ3) is 2.71. The molecule has 3 aromatic carbocycles. The predicted octanol–water partition coefficient (Wildman–Crippen LogP) is 4.61. The summed E-state index contributed by atoms with van der Waals surface area (Å²) in [5.41, 5.74) is 4.08. The largest absolute Gasteiger partial charge is 0.321 e. The van der Waals surface area contributed by atoms with Crippen molar-refractivity contribution in [2.24, 2.45) is 0 Å². The van der Waals surface area contributed by atoms with Gasteiger partial charge < -0.3 is 10.2 Å². The molecule has 0 saturated carbocycles. The summed E-state index contributed by atoms with van der Waals surface area (Å²) in [6.07, 6.45) is 0.870. The Kier molecular flexibility index (Phi) is 3.76. The van der Waals surface area contributed by atoms with E-state index in [4.69, 9.17) is 0 Å². The van der Waals surface area contributed by atoms with E-state index in [0.717, 1.165) is 21.9 Å². The first-order chi connectivity index (χ1) is 13.2. The van der Waals surface area contributed by atoms with E-state index >= 15 is 0 Å². The Hall–Kier alpha value is -3.05. The van der Waals surface area contributed by atoms with Crippen molar-refractivity contribution in [3.05, 3.63) is 83.4 Å². The minimum Gasteiger partial charge on any atom is -0.321 e. The summed E-state index contributed by atoms with van der Waals surface area (Å²) in [7, 11) is 0. The Morgan fingerprint density at radius 3 is 2.70 bits per heavy atom. The lowest BCUT2D eigenvalue weighted by Gasteiger charge is -2.18. The molecular weight excluding hydrogens is 356 g/mol. The first-order valence-electron chi connectivity index (χ1n) is 8.83. The van der Waals surface area contributed by atoms with Crippen molar-refractivity contribution in [2.45, 2.75) is 16.2 Å². The molecule has 2 aliphatic heterocycles. The van der Waals surface area contributed by atoms with Crippen molar-refractivity contribution >= 4 is 35.0 Å². The van der Waals surface area contributed by atoms with E-state index in [2.05, 4.69) is 11.4 Å². The molecular formula is C22H16N2O2S. The van der Waals surface area contributed by atoms with Crippen LogP contribution in [0.4, 0.5) is 11.4 Å². The Balaban J connectivity index is 1.50. The summed E-state index contributed by atoms with van der Waals surface area (Å²) in [5, 5.41) is 2.95. The van der Waals surface area contributed by atoms with Crippen LogP contribution >= 0.6 is 11.8 Å². The third-order valence-electron chi connectivity index (χ3n) is 4.96. The molecule has 4 nitrogen and oxygen atoms in total. The molecule has 2 amide bonds. The number of nitrogens with zero attached hydrogens (tertiary/aromatic N) is 1. The average molecular weight is 372 g/mol. The molecule has 1 N–H and O–H groups in total. The Morgan fingerprint density at radius 2 is 1.78 bits per heavy atom. The molecule has 3 aromatic rings. The van der Waals surface area contributed by atoms with Crippen LogP contribution in [0, 0.1) is 0 Å². The van der Waals surface area contributed by atoms with Gasteiger partial charge in [0, 0.05) is 27.6 Å². The van der Waals surface area contributed by atoms with Crippen LogP contribution in [0.25, 0.3) is 0 Å². The molecule has 0 fully saturated rings. The number of carbonyl (C=O) groups is 2. The molecule has 132 valence electrons. The minimum atomic E-state index is -0.145. The SMILES string of the molecule is O=C1Nc2cc(C(=O)N3CCc4ccccc43)ccc2Sc2ccccc21. The zero-order valence-corrected chi connectivity index (χ0v) is 15.3. The van der Waals surface area contributed by atoms with E-state index in [-0.39, 0.29) is 11.8 Å². The summed E-state index contributed by atoms with van der Waals surface area (Å²) in [4.78, 5) is 29.3. The summed E-state index contributed by atoms with van der Waals surface area (Å²) in [6, 6.07) is 21.1. The highest BCUT2D eigenvalue weighted by atomic mass is 32.2. The van der Waals surface area contributed by atoms with Crippen LogP contribution in [-0.2, 0) is 6.42 Å². The van der Waals surface area contributed by atoms with Gasteiger partial charge in [0.05, 0.1) is 11.3 Å². The molecule has 0 spiro atoms. The van der Waals surface area contributed by atoms with Gasteiger partial charge in [0.2, 0.25) is 0 Å². The smallest absolute Gasteiger partial charge is 0.258 e. The highest BCUT2D eigenvalue weighted by Crippen LogP contribution is 2.39. The number of carbonyl (C=O) groups excluding carboxylic acids is 2. The Bertz CT molecular complexity index is 1090. The number of hydrogen-bond acceptors (Lipinski definition) is 3. The Morgan fingerprint density at radius 1 is 0.963 bits per heavy atom. The van der Waals surface area contributed by atoms with E-state index in [1.807, 2.05) is 59.5 Å². The molecule has 0 saturated heterocycles. The monoisotopic (exact) mass is 372 g/mol. The highest BCUT2D eigenvalue weighted by Gasteiger charge is 2.26. The van der Waals surface area contributed by atoms with Gasteiger partial charge in [0.1, 0.15) is 0 Å². The maximum atomic E-state index is 13.1. The van der Waals surface area contributed by atoms with Crippen molar-refractivity contribution in [2.75, 3.05) is 16.8 Å². The highest BCUT2D eigenvalue weighted by molar-refractivity contribution is 7.99. The topological polar surface area (TPSA) is 49.4 Å². The summed E-state index contributed by atoms with van der Waals surface area (Å²) in [5.74, 6) is -0.184. The second kappa shape index (κ2) is 6.28. The number of fused-ring (bicyclic) bond motifs is 3. The molecule has 0 aliphatic carbocycles. The second-order valence-corrected chi connectivity index (χ2v) is 7.68. The molecule has 0 radical (unpaired) electrons. The molecule has 0 bridgehead atoms. The van der Waals surface area contributed by atoms with Crippen molar-refractivity contribution in [1.82, 2.24) is 0 Å². The first-order valence-corrected chi connectivity index (χ1v) is 9.64. The molecule has 0 atom stereocenters. The fourth-order valence-electron chi connectivity index (χ4n) is 3.61. The van der Waals surface area contributed by atoms with Crippen LogP contribution < -0.4 is 10.2 Å². The lowest BCUT2D eigenvalue weighted by atomic mass is 10.1. The molecule has 0 aromatic heterocycles. The number of hydrogen-bond donors (Lipinski definition) is 1. The number of para-hydroxylation sites is 1. The zero-order chi connectivity index (χ0) is 18.4. The van der Waals surface area contributed by atoms with E-state index < -0.39 is 0 Å². The number of amides is 2. The molecule has 5 rings (SSSR count). The summed E-state index contributed by atoms with van der Waals surface area (Å²) < 4.78 is 0. The second-order valence-electron chi connectivity index (χ2n) is 6.60. The maximum Gasteiger partial charge on any atom is 0.258 e. The van der Waals surface area contributed by atoms with E-state index in [1.165, 1.54) is 5.56 Å². The first kappa shape index (κ1) is 16.1. The standard InChI is InChI=1S/C22H16N2O2S/c25-21-16-6-2-4-8-19(16)27-20-10-9-15(13-17(20)23-21)22(26)24-12-11-14-5-1-3-7-18(14)24/h1-10,13H,11-12H2,(H,23,25). The summed E-state index contributed by atoms with van der Waals surface area (Å²) in [6.45, 7) is 0.682. The predicted molar refractivity (Wildman–Crippen MR) is 107 cm³/mol. The van der Waals surface area contributed by atoms with Crippen molar-refractivity contribution in [1.29, 1.82) is 0 Å². The lowest BCUT2D eigenvalue weighted by molar-refractivity contribution is 0.0986. The zero-order valence-electron chi connectivity index (χ0n) is 14.4. The Labute approximate surface area is 161 Å². The lowest BCUT2D eigenvalue weighted by Crippen LogP contribution is -2.29. The number of rotatable bonds is 1. The number of benzene rings is 3. The van der Waals surface area contributed by atoms with Crippen LogP contribution in [0.5, 0.6) is 0 Å². The van der Waals surface area contributed by atoms with Gasteiger partial charge in [0.25, 0.3) is 11.8 Å². The van der Waals surface area contributed by atoms with Crippen LogP contribution in [-0.4, -0.2) is 18.4 Å². The number of anilines is 2. The van der Waals surface area contributed by atoms with Gasteiger partial charge >= 0.3 is 0 Å². The van der Waals surface area contributed by atoms with Crippen LogP contribution in [0.15, 0.2) is 76.5 Å². The van der Waals surface area contributed by atoms with Crippen molar-refractivity contribution < 1.29 is 9.59 Å². The van der Waals surface area contributed by atoms with E-state index in [9.17, 15) is 9.59 Å². The average Bonchev–Trinajstić information content (AvgIpc) is 3.07. The normalized spacial score (nSPS) is 14.7. The molecule has 5 heteroatoms. The fraction of sp³-hybridized carbons (Fsp3) is 0.0909. The molecule has 0 unspecified atom stereocenters. The van der Waals surface area contributed by atoms with Gasteiger partial charge in [-0.15, -0.1) is 0 Å². The van der Waals surface area contributed by atoms with Gasteiger partial charge in [-0.05, 0) is 48.4 Å². The van der Waals surface area contributed by atoms with Crippen LogP contribution in [0.1, 0.15) is 26.3 Å². The van der Waals surface area contributed by atoms with Gasteiger partial charge in [-0.3, -0.25) is 9.59 Å². The van der Waals surface area contributed by atoms with E-state index in [0.29, 0.717) is 23.4 Å². The van der Waals surface area contributed by atoms with Crippen LogP contribution in [0.3, 0.4) is 0 Å². The molecule has 2 aliphatic rings. The van der Waals surface area contributed by atoms with Gasteiger partial charge in [-0.25, -0.2) is 0 Å². The van der Waals surface area contributed by atoms with Crippen LogP contribution in [0.2, 0.25) is 0 Å². The van der Waals surface area contributed by atoms with Gasteiger partial charge in [0.15, 0.2) is 0 Å². The maximum absolute atomic E-state index is 13.1. The third-order valence-corrected chi connectivity index (χ3v) is 6.11. The quantitative estimate of drug-likeness (QED) is 0.679. The molecule has 2 heterocycles. The van der Waals surface area contributed by atoms with Crippen molar-refractivity contribution in [3.8, 4) is 0 Å². The fourth-order valence-corrected chi connectivity index (χ4v) is 4.62. The van der Waals surface area contributed by atoms with Crippen molar-refractivity contribution in [3.63, 3.8) is 0 Å².